The van der Waals surface area contributed by atoms with E-state index < -0.39 is 58.2 Å². The highest BCUT2D eigenvalue weighted by molar-refractivity contribution is 6.09. The number of hydrogen-bond donors (Lipinski definition) is 0. The molecule has 0 aromatic heterocycles. The third-order valence-corrected chi connectivity index (χ3v) is 6.40. The van der Waals surface area contributed by atoms with E-state index >= 15 is 0 Å². The first kappa shape index (κ1) is 26.5. The number of rotatable bonds is 7. The molecule has 0 spiro atoms. The largest absolute Gasteiger partial charge is 0.494 e. The summed E-state index contributed by atoms with van der Waals surface area (Å²) in [5, 5.41) is 0. The Balaban J connectivity index is 1.66. The Morgan fingerprint density at radius 1 is 1.00 bits per heavy atom. The second-order valence-electron chi connectivity index (χ2n) is 8.72. The summed E-state index contributed by atoms with van der Waals surface area (Å²) in [6.45, 7) is 2.03. The number of esters is 1. The molecule has 0 aliphatic carbocycles. The highest BCUT2D eigenvalue weighted by Crippen LogP contribution is 2.44. The number of para-hydroxylation sites is 1. The van der Waals surface area contributed by atoms with Gasteiger partial charge in [-0.2, -0.15) is 0 Å². The molecule has 0 saturated carbocycles. The van der Waals surface area contributed by atoms with Gasteiger partial charge in [-0.3, -0.25) is 19.5 Å². The molecule has 11 heteroatoms. The van der Waals surface area contributed by atoms with Crippen LogP contribution < -0.4 is 4.74 Å². The summed E-state index contributed by atoms with van der Waals surface area (Å²) < 4.78 is 82.1. The first-order valence-corrected chi connectivity index (χ1v) is 11.5. The van der Waals surface area contributed by atoms with Crippen LogP contribution in [-0.2, 0) is 14.3 Å². The second kappa shape index (κ2) is 10.8. The topological polar surface area (TPSA) is 68.2 Å². The molecule has 2 aromatic carbocycles. The van der Waals surface area contributed by atoms with Crippen molar-refractivity contribution in [3.8, 4) is 5.75 Å². The smallest absolute Gasteiger partial charge is 0.315 e. The van der Waals surface area contributed by atoms with Crippen molar-refractivity contribution in [2.45, 2.75) is 19.3 Å². The number of carbonyl (C=O) groups is 2. The predicted molar refractivity (Wildman–Crippen MR) is 123 cm³/mol. The molecule has 196 valence electrons. The lowest BCUT2D eigenvalue weighted by Gasteiger charge is -2.37. The van der Waals surface area contributed by atoms with Crippen molar-refractivity contribution in [1.29, 1.82) is 0 Å². The summed E-state index contributed by atoms with van der Waals surface area (Å²) in [5.41, 5.74) is -1.39. The van der Waals surface area contributed by atoms with Crippen LogP contribution in [0.15, 0.2) is 46.6 Å². The van der Waals surface area contributed by atoms with E-state index in [2.05, 4.69) is 4.99 Å². The molecule has 0 radical (unpaired) electrons. The predicted octanol–water partition coefficient (Wildman–Crippen LogP) is 4.34. The third kappa shape index (κ3) is 5.00. The molecule has 0 saturated heterocycles. The van der Waals surface area contributed by atoms with E-state index in [4.69, 9.17) is 9.47 Å². The monoisotopic (exact) mass is 522 g/mol. The van der Waals surface area contributed by atoms with Crippen LogP contribution in [0.3, 0.4) is 0 Å². The quantitative estimate of drug-likeness (QED) is 0.178. The number of hydrogen-bond acceptors (Lipinski definition) is 6. The van der Waals surface area contributed by atoms with Crippen LogP contribution >= 0.6 is 0 Å². The maximum Gasteiger partial charge on any atom is 0.315 e. The van der Waals surface area contributed by atoms with Gasteiger partial charge >= 0.3 is 5.97 Å². The maximum atomic E-state index is 14.9. The number of Topliss-reactive ketones (excluding diaryl/α,β-unsaturated/α-hetero) is 1. The van der Waals surface area contributed by atoms with Crippen LogP contribution in [0.1, 0.15) is 24.8 Å². The molecule has 0 fully saturated rings. The number of ketones is 1. The number of carbonyl (C=O) groups excluding carboxylic acids is 2. The summed E-state index contributed by atoms with van der Waals surface area (Å²) in [5.74, 6) is -15.2. The zero-order chi connectivity index (χ0) is 26.9. The van der Waals surface area contributed by atoms with Crippen molar-refractivity contribution < 1.29 is 41.0 Å². The highest BCUT2D eigenvalue weighted by atomic mass is 19.2. The Kier molecular flexibility index (Phi) is 7.72. The van der Waals surface area contributed by atoms with Crippen LogP contribution in [0.2, 0.25) is 0 Å². The fourth-order valence-electron chi connectivity index (χ4n) is 4.73. The number of halogens is 5. The van der Waals surface area contributed by atoms with Crippen molar-refractivity contribution in [3.05, 3.63) is 76.3 Å². The van der Waals surface area contributed by atoms with E-state index in [9.17, 15) is 31.5 Å². The van der Waals surface area contributed by atoms with Crippen molar-refractivity contribution in [1.82, 2.24) is 4.90 Å². The van der Waals surface area contributed by atoms with Gasteiger partial charge in [0.15, 0.2) is 29.1 Å². The van der Waals surface area contributed by atoms with Gasteiger partial charge in [0.05, 0.1) is 26.0 Å². The molecule has 4 rings (SSSR count). The lowest BCUT2D eigenvalue weighted by Crippen LogP contribution is -2.45. The minimum absolute atomic E-state index is 0.0293. The standard InChI is InChI=1S/C26H23F5N2O4/c1-13-17(26(35)36-2)19(20-21(27)23(29)25(31)24(30)22(20)28)18-15(32-13)11-33(12-16(18)34)9-6-10-37-14-7-4-3-5-8-14/h3-5,7-8,17,19H,6,9-12H2,1-2H3. The summed E-state index contributed by atoms with van der Waals surface area (Å²) in [6, 6.07) is 9.13. The molecule has 2 heterocycles. The average Bonchev–Trinajstić information content (AvgIpc) is 2.88. The molecule has 6 nitrogen and oxygen atoms in total. The zero-order valence-electron chi connectivity index (χ0n) is 20.0. The van der Waals surface area contributed by atoms with Gasteiger partial charge in [-0.25, -0.2) is 22.0 Å². The van der Waals surface area contributed by atoms with Gasteiger partial charge in [0.2, 0.25) is 5.82 Å². The van der Waals surface area contributed by atoms with Gasteiger partial charge in [-0.1, -0.05) is 18.2 Å². The van der Waals surface area contributed by atoms with Crippen LogP contribution in [0.4, 0.5) is 22.0 Å². The SMILES string of the molecule is COC(=O)C1C(C)=NC2=C(C(=O)CN(CCCOc3ccccc3)C2)C1c1c(F)c(F)c(F)c(F)c1F. The zero-order valence-corrected chi connectivity index (χ0v) is 20.0. The van der Waals surface area contributed by atoms with Gasteiger partial charge < -0.3 is 9.47 Å². The second-order valence-corrected chi connectivity index (χ2v) is 8.72. The molecule has 0 bridgehead atoms. The lowest BCUT2D eigenvalue weighted by atomic mass is 9.73. The molecule has 2 aliphatic heterocycles. The van der Waals surface area contributed by atoms with E-state index in [0.717, 1.165) is 7.11 Å². The van der Waals surface area contributed by atoms with Crippen molar-refractivity contribution in [2.24, 2.45) is 10.9 Å². The average molecular weight is 522 g/mol. The number of nitrogens with zero attached hydrogens (tertiary/aromatic N) is 2. The Hall–Kier alpha value is -3.60. The fourth-order valence-corrected chi connectivity index (χ4v) is 4.73. The first-order valence-electron chi connectivity index (χ1n) is 11.5. The van der Waals surface area contributed by atoms with Crippen LogP contribution in [-0.4, -0.2) is 55.7 Å². The Labute approximate surface area is 209 Å². The summed E-state index contributed by atoms with van der Waals surface area (Å²) in [7, 11) is 1.01. The maximum absolute atomic E-state index is 14.9. The summed E-state index contributed by atoms with van der Waals surface area (Å²) >= 11 is 0. The molecule has 37 heavy (non-hydrogen) atoms. The molecule has 2 atom stereocenters. The van der Waals surface area contributed by atoms with Crippen LogP contribution in [0, 0.1) is 35.0 Å². The molecule has 2 aromatic rings. The third-order valence-electron chi connectivity index (χ3n) is 6.40. The number of methoxy groups -OCH3 is 1. The van der Waals surface area contributed by atoms with E-state index in [0.29, 0.717) is 25.3 Å². The Morgan fingerprint density at radius 2 is 1.62 bits per heavy atom. The summed E-state index contributed by atoms with van der Waals surface area (Å²) in [6.07, 6.45) is 0.541. The molecule has 2 aliphatic rings. The molecular formula is C26H23F5N2O4. The van der Waals surface area contributed by atoms with Crippen molar-refractivity contribution in [2.75, 3.05) is 33.4 Å². The molecule has 2 unspecified atom stereocenters. The molecule has 0 N–H and O–H groups in total. The van der Waals surface area contributed by atoms with Gasteiger partial charge in [0.1, 0.15) is 11.7 Å². The van der Waals surface area contributed by atoms with E-state index in [1.807, 2.05) is 18.2 Å². The van der Waals surface area contributed by atoms with Crippen molar-refractivity contribution >= 4 is 17.5 Å². The minimum Gasteiger partial charge on any atom is -0.494 e. The Bertz CT molecular complexity index is 1270. The van der Waals surface area contributed by atoms with E-state index in [1.165, 1.54) is 6.92 Å². The lowest BCUT2D eigenvalue weighted by molar-refractivity contribution is -0.143. The van der Waals surface area contributed by atoms with Gasteiger partial charge in [-0.05, 0) is 25.5 Å². The molecule has 0 amide bonds. The van der Waals surface area contributed by atoms with E-state index in [1.54, 1.807) is 17.0 Å². The van der Waals surface area contributed by atoms with Gasteiger partial charge in [0.25, 0.3) is 0 Å². The number of ether oxygens (including phenoxy) is 2. The van der Waals surface area contributed by atoms with Crippen LogP contribution in [0.5, 0.6) is 5.75 Å². The normalized spacial score (nSPS) is 20.0. The Morgan fingerprint density at radius 3 is 2.24 bits per heavy atom. The highest BCUT2D eigenvalue weighted by Gasteiger charge is 2.47. The van der Waals surface area contributed by atoms with Gasteiger partial charge in [-0.15, -0.1) is 0 Å². The number of aliphatic imine (C=N–C) groups is 1. The van der Waals surface area contributed by atoms with Crippen molar-refractivity contribution in [3.63, 3.8) is 0 Å². The summed E-state index contributed by atoms with van der Waals surface area (Å²) in [4.78, 5) is 31.9. The van der Waals surface area contributed by atoms with E-state index in [-0.39, 0.29) is 30.1 Å². The first-order chi connectivity index (χ1) is 17.6. The number of benzene rings is 2. The van der Waals surface area contributed by atoms with Crippen LogP contribution in [0.25, 0.3) is 0 Å². The molecular weight excluding hydrogens is 499 g/mol. The fraction of sp³-hybridized carbons (Fsp3) is 0.346. The van der Waals surface area contributed by atoms with Gasteiger partial charge in [0, 0.05) is 35.9 Å². The minimum atomic E-state index is -2.33.